The highest BCUT2D eigenvalue weighted by Crippen LogP contribution is 2.41. The van der Waals surface area contributed by atoms with Gasteiger partial charge in [-0.2, -0.15) is 8.78 Å². The lowest BCUT2D eigenvalue weighted by Gasteiger charge is -2.22. The van der Waals surface area contributed by atoms with Crippen molar-refractivity contribution in [3.05, 3.63) is 82.9 Å². The van der Waals surface area contributed by atoms with Crippen LogP contribution in [0.3, 0.4) is 0 Å². The average Bonchev–Trinajstić information content (AvgIpc) is 3.90. The van der Waals surface area contributed by atoms with E-state index >= 15 is 0 Å². The van der Waals surface area contributed by atoms with E-state index in [0.29, 0.717) is 41.9 Å². The summed E-state index contributed by atoms with van der Waals surface area (Å²) in [6, 6.07) is 18.8. The van der Waals surface area contributed by atoms with Gasteiger partial charge in [-0.05, 0) is 117 Å². The average molecular weight is 748 g/mol. The Morgan fingerprint density at radius 3 is 2.11 bits per heavy atom. The fourth-order valence-electron chi connectivity index (χ4n) is 7.82. The number of hydrogen-bond donors (Lipinski definition) is 1. The lowest BCUT2D eigenvalue weighted by Crippen LogP contribution is -2.35. The van der Waals surface area contributed by atoms with Gasteiger partial charge in [-0.1, -0.05) is 30.3 Å². The standard InChI is InChI=1S/C41H43F2N3O6.ClH/c1-24-28(26-19-36(49-3)32(37(20-26)50-4)23-45-15-5-6-16-45)10-7-11-29(24)30-12-8-13-31(25(30)2)39-44-33-18-27(22-46-17-9-14-34(46)40(47)48)35(52-41(42)43)21-38(33)51-39;/h7-8,10-13,18-21,34,41H,5-6,9,14-17,22-23H2,1-4H3,(H,47,48);1H/t34-;/m0./s1. The number of aromatic nitrogens is 1. The van der Waals surface area contributed by atoms with Gasteiger partial charge in [-0.25, -0.2) is 4.98 Å². The van der Waals surface area contributed by atoms with Crippen LogP contribution < -0.4 is 14.2 Å². The number of benzene rings is 4. The first-order chi connectivity index (χ1) is 25.1. The van der Waals surface area contributed by atoms with Gasteiger partial charge in [-0.15, -0.1) is 12.4 Å². The van der Waals surface area contributed by atoms with Crippen molar-refractivity contribution in [2.24, 2.45) is 0 Å². The Morgan fingerprint density at radius 2 is 1.49 bits per heavy atom. The zero-order chi connectivity index (χ0) is 36.5. The molecule has 9 nitrogen and oxygen atoms in total. The van der Waals surface area contributed by atoms with Gasteiger partial charge in [0.15, 0.2) is 5.58 Å². The Morgan fingerprint density at radius 1 is 0.868 bits per heavy atom. The largest absolute Gasteiger partial charge is 0.496 e. The van der Waals surface area contributed by atoms with E-state index < -0.39 is 18.6 Å². The predicted octanol–water partition coefficient (Wildman–Crippen LogP) is 9.13. The van der Waals surface area contributed by atoms with Crippen LogP contribution in [0.15, 0.2) is 65.1 Å². The highest BCUT2D eigenvalue weighted by atomic mass is 35.5. The van der Waals surface area contributed by atoms with Crippen molar-refractivity contribution in [3.8, 4) is 51.0 Å². The number of methoxy groups -OCH3 is 2. The van der Waals surface area contributed by atoms with Crippen molar-refractivity contribution in [3.63, 3.8) is 0 Å². The van der Waals surface area contributed by atoms with Crippen LogP contribution in [0.2, 0.25) is 0 Å². The Labute approximate surface area is 313 Å². The minimum atomic E-state index is -3.06. The Hall–Kier alpha value is -4.71. The molecule has 2 fully saturated rings. The molecular formula is C41H44ClF2N3O6. The van der Waals surface area contributed by atoms with Crippen molar-refractivity contribution < 1.29 is 37.3 Å². The first-order valence-electron chi connectivity index (χ1n) is 17.7. The Kier molecular flexibility index (Phi) is 11.6. The molecule has 1 N–H and O–H groups in total. The van der Waals surface area contributed by atoms with Crippen molar-refractivity contribution in [1.82, 2.24) is 14.8 Å². The van der Waals surface area contributed by atoms with Gasteiger partial charge in [0, 0.05) is 30.3 Å². The summed E-state index contributed by atoms with van der Waals surface area (Å²) in [6.07, 6.45) is 3.62. The maximum Gasteiger partial charge on any atom is 0.387 e. The summed E-state index contributed by atoms with van der Waals surface area (Å²) in [5, 5.41) is 9.66. The van der Waals surface area contributed by atoms with Crippen LogP contribution in [-0.2, 0) is 17.9 Å². The van der Waals surface area contributed by atoms with Crippen LogP contribution in [0.1, 0.15) is 47.9 Å². The summed E-state index contributed by atoms with van der Waals surface area (Å²) >= 11 is 0. The molecule has 0 saturated carbocycles. The van der Waals surface area contributed by atoms with Crippen LogP contribution in [0.4, 0.5) is 8.78 Å². The van der Waals surface area contributed by atoms with E-state index in [1.54, 1.807) is 25.2 Å². The molecule has 12 heteroatoms. The molecule has 1 aromatic heterocycles. The molecular weight excluding hydrogens is 704 g/mol. The molecule has 0 amide bonds. The molecule has 0 radical (unpaired) electrons. The maximum absolute atomic E-state index is 13.5. The van der Waals surface area contributed by atoms with E-state index in [-0.39, 0.29) is 24.7 Å². The molecule has 0 spiro atoms. The van der Waals surface area contributed by atoms with Gasteiger partial charge in [-0.3, -0.25) is 14.6 Å². The molecule has 4 aromatic carbocycles. The summed E-state index contributed by atoms with van der Waals surface area (Å²) in [4.78, 5) is 20.8. The van der Waals surface area contributed by atoms with E-state index in [0.717, 1.165) is 75.6 Å². The number of nitrogens with zero attached hydrogens (tertiary/aromatic N) is 3. The van der Waals surface area contributed by atoms with Crippen LogP contribution >= 0.6 is 12.4 Å². The normalized spacial score (nSPS) is 16.3. The number of likely N-dealkylation sites (tertiary alicyclic amines) is 2. The first kappa shape index (κ1) is 38.0. The summed E-state index contributed by atoms with van der Waals surface area (Å²) < 4.78 is 49.9. The number of halogens is 3. The van der Waals surface area contributed by atoms with Gasteiger partial charge in [0.25, 0.3) is 0 Å². The van der Waals surface area contributed by atoms with Crippen LogP contribution in [0.5, 0.6) is 17.2 Å². The minimum absolute atomic E-state index is 0. The molecule has 0 bridgehead atoms. The Bertz CT molecular complexity index is 2090. The zero-order valence-corrected chi connectivity index (χ0v) is 31.1. The number of oxazole rings is 1. The third kappa shape index (κ3) is 7.69. The predicted molar refractivity (Wildman–Crippen MR) is 202 cm³/mol. The summed E-state index contributed by atoms with van der Waals surface area (Å²) in [5.74, 6) is 0.952. The number of ether oxygens (including phenoxy) is 3. The molecule has 2 aliphatic heterocycles. The quantitative estimate of drug-likeness (QED) is 0.134. The molecule has 1 atom stereocenters. The SMILES string of the molecule is COc1cc(-c2cccc(-c3cccc(-c4nc5cc(CN6CCC[C@H]6C(=O)O)c(OC(F)F)cc5o4)c3C)c2C)cc(OC)c1CN1CCCC1.Cl. The smallest absolute Gasteiger partial charge is 0.387 e. The number of hydrogen-bond acceptors (Lipinski definition) is 8. The van der Waals surface area contributed by atoms with Crippen LogP contribution in [-0.4, -0.2) is 72.4 Å². The molecule has 7 rings (SSSR count). The number of alkyl halides is 2. The second kappa shape index (κ2) is 16.1. The molecule has 280 valence electrons. The molecule has 5 aromatic rings. The van der Waals surface area contributed by atoms with Crippen molar-refractivity contribution in [2.45, 2.75) is 65.3 Å². The van der Waals surface area contributed by atoms with Gasteiger partial charge < -0.3 is 23.7 Å². The van der Waals surface area contributed by atoms with E-state index in [1.807, 2.05) is 25.1 Å². The monoisotopic (exact) mass is 747 g/mol. The minimum Gasteiger partial charge on any atom is -0.496 e. The van der Waals surface area contributed by atoms with Crippen molar-refractivity contribution in [1.29, 1.82) is 0 Å². The van der Waals surface area contributed by atoms with E-state index in [9.17, 15) is 18.7 Å². The third-order valence-corrected chi connectivity index (χ3v) is 10.5. The van der Waals surface area contributed by atoms with E-state index in [4.69, 9.17) is 23.6 Å². The van der Waals surface area contributed by atoms with E-state index in [2.05, 4.69) is 42.2 Å². The lowest BCUT2D eigenvalue weighted by atomic mass is 9.89. The van der Waals surface area contributed by atoms with E-state index in [1.165, 1.54) is 18.9 Å². The molecule has 53 heavy (non-hydrogen) atoms. The second-order valence-electron chi connectivity index (χ2n) is 13.6. The number of carbonyl (C=O) groups is 1. The van der Waals surface area contributed by atoms with Gasteiger partial charge in [0.05, 0.1) is 19.8 Å². The van der Waals surface area contributed by atoms with Crippen molar-refractivity contribution in [2.75, 3.05) is 33.9 Å². The zero-order valence-electron chi connectivity index (χ0n) is 30.3. The fraction of sp³-hybridized carbons (Fsp3) is 0.366. The van der Waals surface area contributed by atoms with Crippen LogP contribution in [0, 0.1) is 13.8 Å². The maximum atomic E-state index is 13.5. The third-order valence-electron chi connectivity index (χ3n) is 10.5. The topological polar surface area (TPSA) is 97.5 Å². The van der Waals surface area contributed by atoms with Gasteiger partial charge in [0.2, 0.25) is 5.89 Å². The molecule has 3 heterocycles. The lowest BCUT2D eigenvalue weighted by molar-refractivity contribution is -0.142. The van der Waals surface area contributed by atoms with Gasteiger partial charge in [0.1, 0.15) is 28.8 Å². The number of carboxylic acid groups (broad SMARTS) is 1. The first-order valence-corrected chi connectivity index (χ1v) is 17.7. The summed E-state index contributed by atoms with van der Waals surface area (Å²) in [5.41, 5.74) is 9.11. The summed E-state index contributed by atoms with van der Waals surface area (Å²) in [7, 11) is 3.40. The van der Waals surface area contributed by atoms with Crippen LogP contribution in [0.25, 0.3) is 44.8 Å². The number of rotatable bonds is 12. The molecule has 0 unspecified atom stereocenters. The highest BCUT2D eigenvalue weighted by Gasteiger charge is 2.31. The summed E-state index contributed by atoms with van der Waals surface area (Å²) in [6.45, 7) is 4.67. The molecule has 2 saturated heterocycles. The fourth-order valence-corrected chi connectivity index (χ4v) is 7.82. The number of aliphatic carboxylic acids is 1. The van der Waals surface area contributed by atoms with Crippen molar-refractivity contribution >= 4 is 29.5 Å². The highest BCUT2D eigenvalue weighted by molar-refractivity contribution is 5.86. The molecule has 2 aliphatic rings. The van der Waals surface area contributed by atoms with Gasteiger partial charge >= 0.3 is 12.6 Å². The Balaban J connectivity index is 0.00000481. The second-order valence-corrected chi connectivity index (χ2v) is 13.6. The number of fused-ring (bicyclic) bond motifs is 1. The number of carboxylic acids is 1. The molecule has 0 aliphatic carbocycles.